The predicted octanol–water partition coefficient (Wildman–Crippen LogP) is 0.773. The third-order valence-corrected chi connectivity index (χ3v) is 3.41. The molecule has 8 heteroatoms. The molecule has 110 valence electrons. The Labute approximate surface area is 116 Å². The van der Waals surface area contributed by atoms with Gasteiger partial charge in [-0.2, -0.15) is 4.98 Å². The lowest BCUT2D eigenvalue weighted by Gasteiger charge is -2.37. The summed E-state index contributed by atoms with van der Waals surface area (Å²) >= 11 is 0. The fourth-order valence-corrected chi connectivity index (χ4v) is 2.46. The van der Waals surface area contributed by atoms with Crippen LogP contribution >= 0.6 is 0 Å². The number of hydrogen-bond donors (Lipinski definition) is 2. The van der Waals surface area contributed by atoms with Crippen LogP contribution in [0.4, 0.5) is 4.79 Å². The normalized spacial score (nSPS) is 22.6. The summed E-state index contributed by atoms with van der Waals surface area (Å²) in [4.78, 5) is 28.7. The van der Waals surface area contributed by atoms with Gasteiger partial charge in [-0.25, -0.2) is 9.59 Å². The molecule has 2 heterocycles. The second kappa shape index (κ2) is 5.89. The topological polar surface area (TPSA) is 109 Å². The van der Waals surface area contributed by atoms with E-state index >= 15 is 0 Å². The molecule has 0 bridgehead atoms. The molecular weight excluding hydrogens is 264 g/mol. The van der Waals surface area contributed by atoms with Gasteiger partial charge in [0.2, 0.25) is 5.89 Å². The Kier molecular flexibility index (Phi) is 4.21. The number of nitrogens with one attached hydrogen (secondary N) is 1. The molecular formula is C12H18N4O4. The molecule has 2 N–H and O–H groups in total. The average Bonchev–Trinajstić information content (AvgIpc) is 2.81. The van der Waals surface area contributed by atoms with Crippen molar-refractivity contribution in [2.24, 2.45) is 5.92 Å². The van der Waals surface area contributed by atoms with Crippen molar-refractivity contribution < 1.29 is 19.2 Å². The molecule has 2 unspecified atom stereocenters. The van der Waals surface area contributed by atoms with E-state index in [4.69, 9.17) is 4.52 Å². The van der Waals surface area contributed by atoms with Gasteiger partial charge in [-0.05, 0) is 25.7 Å². The maximum atomic E-state index is 12.1. The molecule has 20 heavy (non-hydrogen) atoms. The number of carboxylic acids is 1. The van der Waals surface area contributed by atoms with Crippen LogP contribution in [0.15, 0.2) is 4.52 Å². The van der Waals surface area contributed by atoms with Gasteiger partial charge in [0.15, 0.2) is 5.82 Å². The third-order valence-electron chi connectivity index (χ3n) is 3.41. The number of likely N-dealkylation sites (tertiary alicyclic amines) is 1. The molecule has 2 amide bonds. The first-order valence-electron chi connectivity index (χ1n) is 6.55. The number of aromatic nitrogens is 2. The van der Waals surface area contributed by atoms with Crippen LogP contribution in [-0.2, 0) is 11.3 Å². The number of aryl methyl sites for hydroxylation is 1. The number of carboxylic acid groups (broad SMARTS) is 1. The van der Waals surface area contributed by atoms with Gasteiger partial charge < -0.3 is 19.8 Å². The zero-order chi connectivity index (χ0) is 14.7. The van der Waals surface area contributed by atoms with Crippen molar-refractivity contribution in [3.63, 3.8) is 0 Å². The lowest BCUT2D eigenvalue weighted by molar-refractivity contribution is -0.145. The van der Waals surface area contributed by atoms with Crippen molar-refractivity contribution in [2.75, 3.05) is 6.54 Å². The summed E-state index contributed by atoms with van der Waals surface area (Å²) < 4.78 is 4.89. The SMILES string of the molecule is Cc1noc(CNC(=O)N2CCCC(C)C2C(=O)O)n1. The molecule has 0 aromatic carbocycles. The fourth-order valence-electron chi connectivity index (χ4n) is 2.46. The van der Waals surface area contributed by atoms with Crippen molar-refractivity contribution in [3.05, 3.63) is 11.7 Å². The van der Waals surface area contributed by atoms with Gasteiger partial charge in [0, 0.05) is 6.54 Å². The summed E-state index contributed by atoms with van der Waals surface area (Å²) in [5.41, 5.74) is 0. The van der Waals surface area contributed by atoms with E-state index in [2.05, 4.69) is 15.5 Å². The molecule has 0 spiro atoms. The molecule has 1 saturated heterocycles. The van der Waals surface area contributed by atoms with Crippen molar-refractivity contribution in [1.82, 2.24) is 20.4 Å². The molecule has 2 rings (SSSR count). The van der Waals surface area contributed by atoms with Gasteiger partial charge in [-0.1, -0.05) is 12.1 Å². The van der Waals surface area contributed by atoms with Crippen LogP contribution in [0.25, 0.3) is 0 Å². The third kappa shape index (κ3) is 3.06. The van der Waals surface area contributed by atoms with Crippen molar-refractivity contribution in [1.29, 1.82) is 0 Å². The highest BCUT2D eigenvalue weighted by Crippen LogP contribution is 2.23. The number of rotatable bonds is 3. The Hall–Kier alpha value is -2.12. The highest BCUT2D eigenvalue weighted by atomic mass is 16.5. The molecule has 0 aliphatic carbocycles. The number of piperidine rings is 1. The molecule has 8 nitrogen and oxygen atoms in total. The van der Waals surface area contributed by atoms with Gasteiger partial charge in [0.1, 0.15) is 6.04 Å². The fraction of sp³-hybridized carbons (Fsp3) is 0.667. The van der Waals surface area contributed by atoms with Crippen molar-refractivity contribution in [2.45, 2.75) is 39.3 Å². The summed E-state index contributed by atoms with van der Waals surface area (Å²) in [7, 11) is 0. The number of nitrogens with zero attached hydrogens (tertiary/aromatic N) is 3. The Morgan fingerprint density at radius 2 is 2.30 bits per heavy atom. The zero-order valence-corrected chi connectivity index (χ0v) is 11.5. The second-order valence-corrected chi connectivity index (χ2v) is 4.99. The lowest BCUT2D eigenvalue weighted by atomic mass is 9.91. The molecule has 1 aromatic heterocycles. The molecule has 1 aliphatic heterocycles. The lowest BCUT2D eigenvalue weighted by Crippen LogP contribution is -2.54. The van der Waals surface area contributed by atoms with E-state index in [0.29, 0.717) is 18.3 Å². The van der Waals surface area contributed by atoms with Gasteiger partial charge in [0.25, 0.3) is 0 Å². The summed E-state index contributed by atoms with van der Waals surface area (Å²) in [5.74, 6) is -0.240. The number of carbonyl (C=O) groups excluding carboxylic acids is 1. The Morgan fingerprint density at radius 3 is 2.90 bits per heavy atom. The standard InChI is InChI=1S/C12H18N4O4/c1-7-4-3-5-16(10(7)11(17)18)12(19)13-6-9-14-8(2)15-20-9/h7,10H,3-6H2,1-2H3,(H,13,19)(H,17,18). The monoisotopic (exact) mass is 282 g/mol. The molecule has 1 fully saturated rings. The Bertz CT molecular complexity index is 501. The maximum absolute atomic E-state index is 12.1. The largest absolute Gasteiger partial charge is 0.480 e. The number of amides is 2. The van der Waals surface area contributed by atoms with Crippen LogP contribution < -0.4 is 5.32 Å². The zero-order valence-electron chi connectivity index (χ0n) is 11.5. The van der Waals surface area contributed by atoms with E-state index in [9.17, 15) is 14.7 Å². The first kappa shape index (κ1) is 14.3. The quantitative estimate of drug-likeness (QED) is 0.847. The predicted molar refractivity (Wildman–Crippen MR) is 67.8 cm³/mol. The molecule has 1 aromatic rings. The van der Waals surface area contributed by atoms with Gasteiger partial charge in [-0.15, -0.1) is 0 Å². The van der Waals surface area contributed by atoms with Crippen LogP contribution in [0.1, 0.15) is 31.5 Å². The number of aliphatic carboxylic acids is 1. The van der Waals surface area contributed by atoms with Crippen molar-refractivity contribution >= 4 is 12.0 Å². The van der Waals surface area contributed by atoms with E-state index in [0.717, 1.165) is 12.8 Å². The van der Waals surface area contributed by atoms with Crippen LogP contribution in [0.3, 0.4) is 0 Å². The van der Waals surface area contributed by atoms with Crippen LogP contribution in [-0.4, -0.2) is 44.7 Å². The van der Waals surface area contributed by atoms with E-state index in [1.807, 2.05) is 6.92 Å². The minimum absolute atomic E-state index is 0.0577. The van der Waals surface area contributed by atoms with E-state index in [-0.39, 0.29) is 12.5 Å². The highest BCUT2D eigenvalue weighted by molar-refractivity contribution is 5.83. The van der Waals surface area contributed by atoms with Gasteiger partial charge >= 0.3 is 12.0 Å². The van der Waals surface area contributed by atoms with E-state index < -0.39 is 18.0 Å². The van der Waals surface area contributed by atoms with Crippen LogP contribution in [0.5, 0.6) is 0 Å². The first-order valence-corrected chi connectivity index (χ1v) is 6.55. The molecule has 0 radical (unpaired) electrons. The molecule has 2 atom stereocenters. The minimum atomic E-state index is -0.971. The Morgan fingerprint density at radius 1 is 1.55 bits per heavy atom. The van der Waals surface area contributed by atoms with Crippen LogP contribution in [0.2, 0.25) is 0 Å². The summed E-state index contributed by atoms with van der Waals surface area (Å²) in [6.07, 6.45) is 1.61. The second-order valence-electron chi connectivity index (χ2n) is 4.99. The van der Waals surface area contributed by atoms with E-state index in [1.165, 1.54) is 4.90 Å². The van der Waals surface area contributed by atoms with E-state index in [1.54, 1.807) is 6.92 Å². The maximum Gasteiger partial charge on any atom is 0.326 e. The molecule has 1 aliphatic rings. The summed E-state index contributed by atoms with van der Waals surface area (Å²) in [6, 6.07) is -1.20. The summed E-state index contributed by atoms with van der Waals surface area (Å²) in [6.45, 7) is 4.06. The summed E-state index contributed by atoms with van der Waals surface area (Å²) in [5, 5.41) is 15.5. The minimum Gasteiger partial charge on any atom is -0.480 e. The van der Waals surface area contributed by atoms with Crippen molar-refractivity contribution in [3.8, 4) is 0 Å². The average molecular weight is 282 g/mol. The highest BCUT2D eigenvalue weighted by Gasteiger charge is 2.37. The van der Waals surface area contributed by atoms with Gasteiger partial charge in [-0.3, -0.25) is 0 Å². The number of hydrogen-bond acceptors (Lipinski definition) is 5. The number of carbonyl (C=O) groups is 2. The van der Waals surface area contributed by atoms with Crippen LogP contribution in [0, 0.1) is 12.8 Å². The Balaban J connectivity index is 1.97. The first-order chi connectivity index (χ1) is 9.49. The number of urea groups is 1. The van der Waals surface area contributed by atoms with Gasteiger partial charge in [0.05, 0.1) is 6.54 Å². The molecule has 0 saturated carbocycles. The smallest absolute Gasteiger partial charge is 0.326 e.